The lowest BCUT2D eigenvalue weighted by Crippen LogP contribution is -2.49. The molecule has 5 heteroatoms. The molecule has 0 spiro atoms. The zero-order chi connectivity index (χ0) is 19.8. The van der Waals surface area contributed by atoms with Gasteiger partial charge in [-0.2, -0.15) is 0 Å². The predicted octanol–water partition coefficient (Wildman–Crippen LogP) is 3.62. The molecule has 0 aromatic heterocycles. The van der Waals surface area contributed by atoms with Gasteiger partial charge in [0, 0.05) is 13.1 Å². The van der Waals surface area contributed by atoms with Crippen LogP contribution in [0.3, 0.4) is 0 Å². The largest absolute Gasteiger partial charge is 0.355 e. The first-order valence-corrected chi connectivity index (χ1v) is 9.31. The van der Waals surface area contributed by atoms with Crippen molar-refractivity contribution in [1.82, 2.24) is 10.2 Å². The van der Waals surface area contributed by atoms with Crippen LogP contribution in [0.25, 0.3) is 0 Å². The van der Waals surface area contributed by atoms with Crippen molar-refractivity contribution in [1.29, 1.82) is 0 Å². The molecule has 0 bridgehead atoms. The number of hydrogen-bond donors (Lipinski definition) is 1. The Balaban J connectivity index is 2.25. The number of aryl methyl sites for hydroxylation is 1. The van der Waals surface area contributed by atoms with E-state index >= 15 is 0 Å². The lowest BCUT2D eigenvalue weighted by Gasteiger charge is -2.30. The summed E-state index contributed by atoms with van der Waals surface area (Å²) in [4.78, 5) is 27.2. The van der Waals surface area contributed by atoms with Gasteiger partial charge in [-0.05, 0) is 43.5 Å². The second-order valence-electron chi connectivity index (χ2n) is 6.63. The Morgan fingerprint density at radius 1 is 1.00 bits per heavy atom. The van der Waals surface area contributed by atoms with Gasteiger partial charge in [-0.15, -0.1) is 0 Å². The number of benzene rings is 2. The minimum Gasteiger partial charge on any atom is -0.355 e. The first-order valence-electron chi connectivity index (χ1n) is 9.31. The molecule has 2 aromatic carbocycles. The molecule has 2 rings (SSSR count). The standard InChI is InChI=1S/C22H27FN2O2/c1-4-20(22(27)24-5-2)25(15-18-8-6-16(3)7-9-18)21(26)14-17-10-12-19(23)13-11-17/h6-13,20H,4-5,14-15H2,1-3H3,(H,24,27)/t20-/m1/s1. The molecule has 0 radical (unpaired) electrons. The van der Waals surface area contributed by atoms with Crippen LogP contribution in [0.15, 0.2) is 48.5 Å². The average Bonchev–Trinajstić information content (AvgIpc) is 2.65. The molecule has 2 aromatic rings. The summed E-state index contributed by atoms with van der Waals surface area (Å²) in [5.74, 6) is -0.642. The second kappa shape index (κ2) is 9.86. The fraction of sp³-hybridized carbons (Fsp3) is 0.364. The Morgan fingerprint density at radius 2 is 1.59 bits per heavy atom. The third-order valence-electron chi connectivity index (χ3n) is 4.48. The van der Waals surface area contributed by atoms with E-state index in [4.69, 9.17) is 0 Å². The highest BCUT2D eigenvalue weighted by molar-refractivity contribution is 5.88. The van der Waals surface area contributed by atoms with Crippen molar-refractivity contribution in [2.45, 2.75) is 46.2 Å². The zero-order valence-electron chi connectivity index (χ0n) is 16.2. The zero-order valence-corrected chi connectivity index (χ0v) is 16.2. The number of hydrogen-bond acceptors (Lipinski definition) is 2. The number of likely N-dealkylation sites (N-methyl/N-ethyl adjacent to an activating group) is 1. The minimum atomic E-state index is -0.542. The van der Waals surface area contributed by atoms with Crippen molar-refractivity contribution in [3.8, 4) is 0 Å². The lowest BCUT2D eigenvalue weighted by molar-refractivity contribution is -0.140. The molecule has 0 saturated heterocycles. The Kier molecular flexibility index (Phi) is 7.53. The van der Waals surface area contributed by atoms with Crippen molar-refractivity contribution < 1.29 is 14.0 Å². The number of carbonyl (C=O) groups excluding carboxylic acids is 2. The van der Waals surface area contributed by atoms with Gasteiger partial charge < -0.3 is 10.2 Å². The summed E-state index contributed by atoms with van der Waals surface area (Å²) < 4.78 is 13.1. The summed E-state index contributed by atoms with van der Waals surface area (Å²) in [5, 5.41) is 2.82. The third-order valence-corrected chi connectivity index (χ3v) is 4.48. The number of nitrogens with zero attached hydrogens (tertiary/aromatic N) is 1. The smallest absolute Gasteiger partial charge is 0.242 e. The summed E-state index contributed by atoms with van der Waals surface area (Å²) in [7, 11) is 0. The van der Waals surface area contributed by atoms with Crippen molar-refractivity contribution >= 4 is 11.8 Å². The molecule has 0 aliphatic rings. The molecule has 0 heterocycles. The summed E-state index contributed by atoms with van der Waals surface area (Å²) in [6, 6.07) is 13.3. The Bertz CT molecular complexity index is 757. The normalized spacial score (nSPS) is 11.7. The number of halogens is 1. The maximum atomic E-state index is 13.1. The molecule has 27 heavy (non-hydrogen) atoms. The molecule has 2 amide bonds. The summed E-state index contributed by atoms with van der Waals surface area (Å²) in [6.45, 7) is 6.63. The monoisotopic (exact) mass is 370 g/mol. The van der Waals surface area contributed by atoms with Gasteiger partial charge in [-0.3, -0.25) is 9.59 Å². The van der Waals surface area contributed by atoms with Crippen LogP contribution in [-0.2, 0) is 22.6 Å². The SMILES string of the molecule is CCNC(=O)[C@@H](CC)N(Cc1ccc(C)cc1)C(=O)Cc1ccc(F)cc1. The Labute approximate surface area is 160 Å². The van der Waals surface area contributed by atoms with Crippen LogP contribution in [0, 0.1) is 12.7 Å². The highest BCUT2D eigenvalue weighted by atomic mass is 19.1. The first kappa shape index (κ1) is 20.6. The number of nitrogens with one attached hydrogen (secondary N) is 1. The quantitative estimate of drug-likeness (QED) is 0.772. The first-order chi connectivity index (χ1) is 12.9. The van der Waals surface area contributed by atoms with E-state index in [1.807, 2.05) is 45.0 Å². The molecule has 0 fully saturated rings. The van der Waals surface area contributed by atoms with Gasteiger partial charge in [0.1, 0.15) is 11.9 Å². The number of rotatable bonds is 8. The van der Waals surface area contributed by atoms with Crippen molar-refractivity contribution in [2.75, 3.05) is 6.54 Å². The van der Waals surface area contributed by atoms with Crippen LogP contribution < -0.4 is 5.32 Å². The van der Waals surface area contributed by atoms with Gasteiger partial charge in [-0.25, -0.2) is 4.39 Å². The van der Waals surface area contributed by atoms with Crippen molar-refractivity contribution in [2.24, 2.45) is 0 Å². The van der Waals surface area contributed by atoms with Crippen LogP contribution >= 0.6 is 0 Å². The van der Waals surface area contributed by atoms with Crippen molar-refractivity contribution in [3.05, 3.63) is 71.0 Å². The molecule has 1 N–H and O–H groups in total. The van der Waals surface area contributed by atoms with Crippen molar-refractivity contribution in [3.63, 3.8) is 0 Å². The average molecular weight is 370 g/mol. The van der Waals surface area contributed by atoms with Gasteiger partial charge in [0.15, 0.2) is 0 Å². The van der Waals surface area contributed by atoms with E-state index in [0.29, 0.717) is 19.5 Å². The number of amides is 2. The molecule has 1 atom stereocenters. The second-order valence-corrected chi connectivity index (χ2v) is 6.63. The third kappa shape index (κ3) is 5.91. The van der Waals surface area contributed by atoms with E-state index < -0.39 is 6.04 Å². The fourth-order valence-corrected chi connectivity index (χ4v) is 2.98. The summed E-state index contributed by atoms with van der Waals surface area (Å²) >= 11 is 0. The molecule has 0 unspecified atom stereocenters. The number of carbonyl (C=O) groups is 2. The van der Waals surface area contributed by atoms with Gasteiger partial charge >= 0.3 is 0 Å². The predicted molar refractivity (Wildman–Crippen MR) is 105 cm³/mol. The Morgan fingerprint density at radius 3 is 2.15 bits per heavy atom. The van der Waals surface area contributed by atoms with Gasteiger partial charge in [0.2, 0.25) is 11.8 Å². The maximum absolute atomic E-state index is 13.1. The fourth-order valence-electron chi connectivity index (χ4n) is 2.98. The highest BCUT2D eigenvalue weighted by Gasteiger charge is 2.28. The molecular formula is C22H27FN2O2. The van der Waals surface area contributed by atoms with E-state index in [-0.39, 0.29) is 24.1 Å². The van der Waals surface area contributed by atoms with E-state index in [9.17, 15) is 14.0 Å². The molecule has 0 aliphatic carbocycles. The summed E-state index contributed by atoms with van der Waals surface area (Å²) in [6.07, 6.45) is 0.648. The molecule has 144 valence electrons. The van der Waals surface area contributed by atoms with E-state index in [2.05, 4.69) is 5.32 Å². The maximum Gasteiger partial charge on any atom is 0.242 e. The van der Waals surface area contributed by atoms with Crippen LogP contribution in [0.4, 0.5) is 4.39 Å². The molecule has 4 nitrogen and oxygen atoms in total. The van der Waals surface area contributed by atoms with Crippen LogP contribution in [0.1, 0.15) is 37.0 Å². The summed E-state index contributed by atoms with van der Waals surface area (Å²) in [5.41, 5.74) is 2.83. The van der Waals surface area contributed by atoms with Gasteiger partial charge in [0.05, 0.1) is 6.42 Å². The van der Waals surface area contributed by atoms with Crippen LogP contribution in [0.2, 0.25) is 0 Å². The highest BCUT2D eigenvalue weighted by Crippen LogP contribution is 2.15. The van der Waals surface area contributed by atoms with Crippen LogP contribution in [-0.4, -0.2) is 29.3 Å². The van der Waals surface area contributed by atoms with E-state index in [1.165, 1.54) is 12.1 Å². The lowest BCUT2D eigenvalue weighted by atomic mass is 10.1. The van der Waals surface area contributed by atoms with Gasteiger partial charge in [0.25, 0.3) is 0 Å². The van der Waals surface area contributed by atoms with E-state index in [1.54, 1.807) is 17.0 Å². The topological polar surface area (TPSA) is 49.4 Å². The molecular weight excluding hydrogens is 343 g/mol. The Hall–Kier alpha value is -2.69. The minimum absolute atomic E-state index is 0.127. The molecule has 0 aliphatic heterocycles. The van der Waals surface area contributed by atoms with Gasteiger partial charge in [-0.1, -0.05) is 48.9 Å². The molecule has 0 saturated carbocycles. The van der Waals surface area contributed by atoms with E-state index in [0.717, 1.165) is 16.7 Å². The van der Waals surface area contributed by atoms with Crippen LogP contribution in [0.5, 0.6) is 0 Å².